The van der Waals surface area contributed by atoms with Gasteiger partial charge in [0.15, 0.2) is 0 Å². The van der Waals surface area contributed by atoms with Crippen LogP contribution in [0.15, 0.2) is 91.6 Å². The Balaban J connectivity index is 1.30. The Morgan fingerprint density at radius 1 is 1.00 bits per heavy atom. The number of fused-ring (bicyclic) bond motifs is 1. The first-order valence-corrected chi connectivity index (χ1v) is 9.69. The summed E-state index contributed by atoms with van der Waals surface area (Å²) in [6.45, 7) is 0.493. The molecule has 0 radical (unpaired) electrons. The maximum Gasteiger partial charge on any atom is 0.261 e. The highest BCUT2D eigenvalue weighted by Gasteiger charge is 2.15. The minimum Gasteiger partial charge on any atom is -0.438 e. The average molecular weight is 410 g/mol. The summed E-state index contributed by atoms with van der Waals surface area (Å²) in [5, 5.41) is 7.17. The van der Waals surface area contributed by atoms with E-state index in [4.69, 9.17) is 4.74 Å². The monoisotopic (exact) mass is 410 g/mol. The van der Waals surface area contributed by atoms with Gasteiger partial charge in [-0.3, -0.25) is 9.48 Å². The SMILES string of the molecule is O=C(Nc1cnn(Cc2cn3ccccc3n2)c1)c1cccnc1Oc1ccccc1. The molecular formula is C23H18N6O2. The number of hydrogen-bond acceptors (Lipinski definition) is 5. The molecule has 8 heteroatoms. The number of ether oxygens (including phenoxy) is 1. The number of imidazole rings is 1. The van der Waals surface area contributed by atoms with Crippen molar-refractivity contribution >= 4 is 17.2 Å². The second-order valence-corrected chi connectivity index (χ2v) is 6.85. The van der Waals surface area contributed by atoms with Crippen molar-refractivity contribution in [2.45, 2.75) is 6.54 Å². The lowest BCUT2D eigenvalue weighted by molar-refractivity contribution is 0.102. The number of nitrogens with zero attached hydrogens (tertiary/aromatic N) is 5. The van der Waals surface area contributed by atoms with Crippen molar-refractivity contribution in [3.63, 3.8) is 0 Å². The highest BCUT2D eigenvalue weighted by molar-refractivity contribution is 6.05. The molecule has 0 aliphatic heterocycles. The summed E-state index contributed by atoms with van der Waals surface area (Å²) in [4.78, 5) is 21.6. The fourth-order valence-electron chi connectivity index (χ4n) is 3.19. The number of hydrogen-bond donors (Lipinski definition) is 1. The first-order valence-electron chi connectivity index (χ1n) is 9.69. The first-order chi connectivity index (χ1) is 15.2. The van der Waals surface area contributed by atoms with Crippen molar-refractivity contribution < 1.29 is 9.53 Å². The zero-order valence-corrected chi connectivity index (χ0v) is 16.4. The minimum atomic E-state index is -0.327. The Morgan fingerprint density at radius 2 is 1.87 bits per heavy atom. The maximum atomic E-state index is 12.8. The van der Waals surface area contributed by atoms with E-state index >= 15 is 0 Å². The van der Waals surface area contributed by atoms with Gasteiger partial charge in [-0.1, -0.05) is 24.3 Å². The lowest BCUT2D eigenvalue weighted by atomic mass is 10.2. The zero-order valence-electron chi connectivity index (χ0n) is 16.4. The van der Waals surface area contributed by atoms with E-state index in [0.717, 1.165) is 11.3 Å². The summed E-state index contributed by atoms with van der Waals surface area (Å²) in [6.07, 6.45) is 8.85. The Labute approximate surface area is 177 Å². The number of anilines is 1. The molecule has 152 valence electrons. The molecule has 5 rings (SSSR count). The van der Waals surface area contributed by atoms with E-state index in [1.807, 2.05) is 53.2 Å². The number of carbonyl (C=O) groups excluding carboxylic acids is 1. The van der Waals surface area contributed by atoms with Gasteiger partial charge >= 0.3 is 0 Å². The molecule has 31 heavy (non-hydrogen) atoms. The fraction of sp³-hybridized carbons (Fsp3) is 0.0435. The van der Waals surface area contributed by atoms with Gasteiger partial charge in [0.25, 0.3) is 5.91 Å². The summed E-state index contributed by atoms with van der Waals surface area (Å²) in [7, 11) is 0. The molecule has 0 saturated carbocycles. The molecule has 0 fully saturated rings. The molecule has 0 unspecified atom stereocenters. The van der Waals surface area contributed by atoms with Crippen LogP contribution in [-0.2, 0) is 6.54 Å². The van der Waals surface area contributed by atoms with Gasteiger partial charge in [-0.05, 0) is 36.4 Å². The van der Waals surface area contributed by atoms with E-state index in [1.165, 1.54) is 0 Å². The van der Waals surface area contributed by atoms with E-state index in [2.05, 4.69) is 20.4 Å². The number of para-hydroxylation sites is 1. The van der Waals surface area contributed by atoms with E-state index in [9.17, 15) is 4.79 Å². The Bertz CT molecular complexity index is 1310. The third-order valence-electron chi connectivity index (χ3n) is 4.60. The molecule has 4 heterocycles. The van der Waals surface area contributed by atoms with Crippen LogP contribution < -0.4 is 10.1 Å². The summed E-state index contributed by atoms with van der Waals surface area (Å²) in [6, 6.07) is 18.4. The van der Waals surface area contributed by atoms with Gasteiger partial charge in [0.05, 0.1) is 24.1 Å². The number of pyridine rings is 2. The molecule has 5 aromatic rings. The van der Waals surface area contributed by atoms with E-state index in [-0.39, 0.29) is 11.8 Å². The first kappa shape index (κ1) is 18.6. The van der Waals surface area contributed by atoms with Gasteiger partial charge in [-0.15, -0.1) is 0 Å². The summed E-state index contributed by atoms with van der Waals surface area (Å²) < 4.78 is 9.46. The van der Waals surface area contributed by atoms with Crippen LogP contribution in [0.1, 0.15) is 16.1 Å². The normalized spacial score (nSPS) is 10.8. The third-order valence-corrected chi connectivity index (χ3v) is 4.60. The van der Waals surface area contributed by atoms with Gasteiger partial charge in [0, 0.05) is 24.8 Å². The van der Waals surface area contributed by atoms with Crippen LogP contribution in [0, 0.1) is 0 Å². The van der Waals surface area contributed by atoms with Crippen LogP contribution in [0.2, 0.25) is 0 Å². The van der Waals surface area contributed by atoms with Crippen LogP contribution >= 0.6 is 0 Å². The van der Waals surface area contributed by atoms with Gasteiger partial charge in [-0.2, -0.15) is 5.10 Å². The average Bonchev–Trinajstić information content (AvgIpc) is 3.41. The second-order valence-electron chi connectivity index (χ2n) is 6.85. The third kappa shape index (κ3) is 4.13. The molecule has 0 aliphatic carbocycles. The standard InChI is InChI=1S/C23H18N6O2/c30-22(20-9-6-11-24-23(20)31-19-7-2-1-3-8-19)27-17-13-25-29(15-17)16-18-14-28-12-5-4-10-21(28)26-18/h1-15H,16H2,(H,27,30). The topological polar surface area (TPSA) is 86.3 Å². The molecule has 4 aromatic heterocycles. The van der Waals surface area contributed by atoms with Crippen molar-refractivity contribution in [1.82, 2.24) is 24.1 Å². The van der Waals surface area contributed by atoms with Crippen LogP contribution in [0.25, 0.3) is 5.65 Å². The van der Waals surface area contributed by atoms with Gasteiger partial charge in [0.2, 0.25) is 5.88 Å². The molecule has 8 nitrogen and oxygen atoms in total. The summed E-state index contributed by atoms with van der Waals surface area (Å²) >= 11 is 0. The number of benzene rings is 1. The van der Waals surface area contributed by atoms with Crippen LogP contribution in [-0.4, -0.2) is 30.1 Å². The quantitative estimate of drug-likeness (QED) is 0.457. The molecule has 1 N–H and O–H groups in total. The molecule has 1 amide bonds. The van der Waals surface area contributed by atoms with Crippen molar-refractivity contribution in [2.24, 2.45) is 0 Å². The smallest absolute Gasteiger partial charge is 0.261 e. The minimum absolute atomic E-state index is 0.239. The number of rotatable bonds is 6. The Kier molecular flexibility index (Phi) is 4.86. The largest absolute Gasteiger partial charge is 0.438 e. The van der Waals surface area contributed by atoms with E-state index < -0.39 is 0 Å². The van der Waals surface area contributed by atoms with E-state index in [0.29, 0.717) is 23.5 Å². The predicted molar refractivity (Wildman–Crippen MR) is 115 cm³/mol. The van der Waals surface area contributed by atoms with Crippen molar-refractivity contribution in [3.05, 3.63) is 103 Å². The van der Waals surface area contributed by atoms with Crippen LogP contribution in [0.4, 0.5) is 5.69 Å². The number of amides is 1. The highest BCUT2D eigenvalue weighted by Crippen LogP contribution is 2.23. The number of nitrogens with one attached hydrogen (secondary N) is 1. The molecule has 0 bridgehead atoms. The molecular weight excluding hydrogens is 392 g/mol. The van der Waals surface area contributed by atoms with E-state index in [1.54, 1.807) is 47.5 Å². The van der Waals surface area contributed by atoms with Crippen LogP contribution in [0.3, 0.4) is 0 Å². The Hall–Kier alpha value is -4.46. The molecule has 0 saturated heterocycles. The highest BCUT2D eigenvalue weighted by atomic mass is 16.5. The maximum absolute atomic E-state index is 12.8. The lowest BCUT2D eigenvalue weighted by Crippen LogP contribution is -2.13. The molecule has 0 aliphatic rings. The van der Waals surface area contributed by atoms with Gasteiger partial charge in [0.1, 0.15) is 17.0 Å². The zero-order chi connectivity index (χ0) is 21.0. The van der Waals surface area contributed by atoms with Crippen LogP contribution in [0.5, 0.6) is 11.6 Å². The van der Waals surface area contributed by atoms with Crippen molar-refractivity contribution in [3.8, 4) is 11.6 Å². The molecule has 1 aromatic carbocycles. The predicted octanol–water partition coefficient (Wildman–Crippen LogP) is 4.02. The molecule has 0 atom stereocenters. The van der Waals surface area contributed by atoms with Gasteiger partial charge in [-0.25, -0.2) is 9.97 Å². The Morgan fingerprint density at radius 3 is 2.74 bits per heavy atom. The van der Waals surface area contributed by atoms with Gasteiger partial charge < -0.3 is 14.5 Å². The molecule has 0 spiro atoms. The second kappa shape index (κ2) is 8.11. The lowest BCUT2D eigenvalue weighted by Gasteiger charge is -2.09. The summed E-state index contributed by atoms with van der Waals surface area (Å²) in [5.41, 5.74) is 2.65. The van der Waals surface area contributed by atoms with Crippen molar-refractivity contribution in [1.29, 1.82) is 0 Å². The van der Waals surface area contributed by atoms with Crippen molar-refractivity contribution in [2.75, 3.05) is 5.32 Å². The number of carbonyl (C=O) groups is 1. The number of aromatic nitrogens is 5. The fourth-order valence-corrected chi connectivity index (χ4v) is 3.19. The summed E-state index contributed by atoms with van der Waals surface area (Å²) in [5.74, 6) is 0.519.